The van der Waals surface area contributed by atoms with Gasteiger partial charge in [-0.15, -0.1) is 11.8 Å². The van der Waals surface area contributed by atoms with Gasteiger partial charge < -0.3 is 9.84 Å². The van der Waals surface area contributed by atoms with Gasteiger partial charge >= 0.3 is 5.97 Å². The van der Waals surface area contributed by atoms with E-state index >= 15 is 0 Å². The third kappa shape index (κ3) is 5.71. The first kappa shape index (κ1) is 16.4. The summed E-state index contributed by atoms with van der Waals surface area (Å²) in [6, 6.07) is 7.81. The zero-order chi connectivity index (χ0) is 15.1. The van der Waals surface area contributed by atoms with Crippen molar-refractivity contribution in [3.8, 4) is 0 Å². The predicted molar refractivity (Wildman–Crippen MR) is 86.0 cm³/mol. The van der Waals surface area contributed by atoms with Gasteiger partial charge in [-0.2, -0.15) is 0 Å². The number of aliphatic hydroxyl groups excluding tert-OH is 1. The van der Waals surface area contributed by atoms with Gasteiger partial charge in [0.2, 0.25) is 0 Å². The quantitative estimate of drug-likeness (QED) is 0.817. The molecule has 3 nitrogen and oxygen atoms in total. The minimum atomic E-state index is -0.0912. The smallest absolute Gasteiger partial charge is 0.316 e. The summed E-state index contributed by atoms with van der Waals surface area (Å²) in [5.41, 5.74) is 2.08. The average molecular weight is 308 g/mol. The maximum Gasteiger partial charge on any atom is 0.316 e. The highest BCUT2D eigenvalue weighted by molar-refractivity contribution is 7.99. The Kier molecular flexibility index (Phi) is 6.58. The normalized spacial score (nSPS) is 22.0. The molecule has 2 rings (SSSR count). The summed E-state index contributed by atoms with van der Waals surface area (Å²) in [5.74, 6) is 1.89. The second-order valence-electron chi connectivity index (χ2n) is 5.84. The van der Waals surface area contributed by atoms with Crippen molar-refractivity contribution in [2.75, 3.05) is 5.75 Å². The van der Waals surface area contributed by atoms with Crippen LogP contribution in [0.4, 0.5) is 0 Å². The summed E-state index contributed by atoms with van der Waals surface area (Å²) in [6.45, 7) is 2.33. The van der Waals surface area contributed by atoms with Crippen LogP contribution in [0.3, 0.4) is 0 Å². The monoisotopic (exact) mass is 308 g/mol. The second kappa shape index (κ2) is 8.44. The lowest BCUT2D eigenvalue weighted by atomic mass is 9.89. The van der Waals surface area contributed by atoms with Crippen LogP contribution in [0.1, 0.15) is 43.7 Å². The number of hydrogen-bond acceptors (Lipinski definition) is 4. The van der Waals surface area contributed by atoms with E-state index in [-0.39, 0.29) is 18.7 Å². The first-order valence-corrected chi connectivity index (χ1v) is 8.78. The fraction of sp³-hybridized carbons (Fsp3) is 0.588. The van der Waals surface area contributed by atoms with Gasteiger partial charge in [0.1, 0.15) is 6.10 Å². The third-order valence-electron chi connectivity index (χ3n) is 3.96. The Hall–Kier alpha value is -1.00. The van der Waals surface area contributed by atoms with E-state index in [1.165, 1.54) is 12.8 Å². The number of carbonyl (C=O) groups excluding carboxylic acids is 1. The largest absolute Gasteiger partial charge is 0.462 e. The fourth-order valence-electron chi connectivity index (χ4n) is 2.56. The summed E-state index contributed by atoms with van der Waals surface area (Å²) in [6.07, 6.45) is 4.50. The molecule has 21 heavy (non-hydrogen) atoms. The van der Waals surface area contributed by atoms with E-state index < -0.39 is 0 Å². The SMILES string of the molecule is CC1CCC(OC(=O)CSCc2ccc(CO)cc2)CC1. The van der Waals surface area contributed by atoms with Crippen molar-refractivity contribution in [1.29, 1.82) is 0 Å². The lowest BCUT2D eigenvalue weighted by molar-refractivity contribution is -0.147. The van der Waals surface area contributed by atoms with Crippen LogP contribution in [0.5, 0.6) is 0 Å². The van der Waals surface area contributed by atoms with Crippen LogP contribution in [-0.4, -0.2) is 22.9 Å². The van der Waals surface area contributed by atoms with Gasteiger partial charge in [-0.05, 0) is 42.7 Å². The standard InChI is InChI=1S/C17H24O3S/c1-13-2-8-16(9-3-13)20-17(19)12-21-11-15-6-4-14(10-18)5-7-15/h4-7,13,16,18H,2-3,8-12H2,1H3. The van der Waals surface area contributed by atoms with Gasteiger partial charge in [0.05, 0.1) is 12.4 Å². The first-order valence-electron chi connectivity index (χ1n) is 7.63. The van der Waals surface area contributed by atoms with Crippen molar-refractivity contribution in [2.45, 2.75) is 51.1 Å². The lowest BCUT2D eigenvalue weighted by Gasteiger charge is -2.25. The van der Waals surface area contributed by atoms with Crippen molar-refractivity contribution in [2.24, 2.45) is 5.92 Å². The summed E-state index contributed by atoms with van der Waals surface area (Å²) in [4.78, 5) is 11.8. The van der Waals surface area contributed by atoms with Crippen molar-refractivity contribution >= 4 is 17.7 Å². The molecule has 1 aromatic carbocycles. The Balaban J connectivity index is 1.64. The van der Waals surface area contributed by atoms with Gasteiger partial charge in [-0.1, -0.05) is 31.2 Å². The van der Waals surface area contributed by atoms with Gasteiger partial charge in [-0.3, -0.25) is 4.79 Å². The number of ether oxygens (including phenoxy) is 1. The van der Waals surface area contributed by atoms with E-state index in [0.29, 0.717) is 5.75 Å². The zero-order valence-corrected chi connectivity index (χ0v) is 13.4. The van der Waals surface area contributed by atoms with Gasteiger partial charge in [0, 0.05) is 5.75 Å². The summed E-state index contributed by atoms with van der Waals surface area (Å²) in [5, 5.41) is 8.98. The van der Waals surface area contributed by atoms with E-state index in [1.807, 2.05) is 24.3 Å². The van der Waals surface area contributed by atoms with E-state index in [0.717, 1.165) is 35.6 Å². The molecule has 1 N–H and O–H groups in total. The van der Waals surface area contributed by atoms with E-state index in [2.05, 4.69) is 6.92 Å². The van der Waals surface area contributed by atoms with Crippen molar-refractivity contribution in [3.05, 3.63) is 35.4 Å². The van der Waals surface area contributed by atoms with Crippen LogP contribution in [0, 0.1) is 5.92 Å². The molecule has 0 unspecified atom stereocenters. The molecule has 0 amide bonds. The van der Waals surface area contributed by atoms with Gasteiger partial charge in [0.25, 0.3) is 0 Å². The first-order chi connectivity index (χ1) is 10.2. The molecule has 1 aromatic rings. The molecule has 0 spiro atoms. The van der Waals surface area contributed by atoms with Crippen LogP contribution in [0.25, 0.3) is 0 Å². The summed E-state index contributed by atoms with van der Waals surface area (Å²) in [7, 11) is 0. The van der Waals surface area contributed by atoms with Gasteiger partial charge in [-0.25, -0.2) is 0 Å². The maximum atomic E-state index is 11.8. The Morgan fingerprint density at radius 3 is 2.43 bits per heavy atom. The molecule has 0 saturated heterocycles. The molecule has 0 radical (unpaired) electrons. The number of aliphatic hydroxyl groups is 1. The van der Waals surface area contributed by atoms with Crippen LogP contribution in [0.2, 0.25) is 0 Å². The topological polar surface area (TPSA) is 46.5 Å². The molecule has 1 aliphatic rings. The molecule has 0 aliphatic heterocycles. The highest BCUT2D eigenvalue weighted by atomic mass is 32.2. The lowest BCUT2D eigenvalue weighted by Crippen LogP contribution is -2.24. The number of carbonyl (C=O) groups is 1. The third-order valence-corrected chi connectivity index (χ3v) is 4.93. The van der Waals surface area contributed by atoms with Crippen LogP contribution < -0.4 is 0 Å². The molecule has 1 aliphatic carbocycles. The Morgan fingerprint density at radius 2 is 1.81 bits per heavy atom. The van der Waals surface area contributed by atoms with Crippen LogP contribution >= 0.6 is 11.8 Å². The minimum absolute atomic E-state index is 0.0692. The number of benzene rings is 1. The molecule has 1 saturated carbocycles. The van der Waals surface area contributed by atoms with E-state index in [4.69, 9.17) is 9.84 Å². The molecule has 0 bridgehead atoms. The Labute approximate surface area is 131 Å². The average Bonchev–Trinajstić information content (AvgIpc) is 2.50. The maximum absolute atomic E-state index is 11.8. The second-order valence-corrected chi connectivity index (χ2v) is 6.82. The molecule has 1 fully saturated rings. The van der Waals surface area contributed by atoms with Crippen molar-refractivity contribution in [1.82, 2.24) is 0 Å². The molecule has 0 heterocycles. The Morgan fingerprint density at radius 1 is 1.19 bits per heavy atom. The number of hydrogen-bond donors (Lipinski definition) is 1. The fourth-order valence-corrected chi connectivity index (χ4v) is 3.33. The van der Waals surface area contributed by atoms with E-state index in [1.54, 1.807) is 11.8 Å². The van der Waals surface area contributed by atoms with E-state index in [9.17, 15) is 4.79 Å². The number of rotatable bonds is 6. The highest BCUT2D eigenvalue weighted by Gasteiger charge is 2.21. The summed E-state index contributed by atoms with van der Waals surface area (Å²) >= 11 is 1.58. The predicted octanol–water partition coefficient (Wildman–Crippen LogP) is 3.53. The molecule has 116 valence electrons. The Bertz CT molecular complexity index is 436. The minimum Gasteiger partial charge on any atom is -0.462 e. The van der Waals surface area contributed by atoms with Gasteiger partial charge in [0.15, 0.2) is 0 Å². The summed E-state index contributed by atoms with van der Waals surface area (Å²) < 4.78 is 5.52. The highest BCUT2D eigenvalue weighted by Crippen LogP contribution is 2.26. The zero-order valence-electron chi connectivity index (χ0n) is 12.6. The van der Waals surface area contributed by atoms with Crippen LogP contribution in [-0.2, 0) is 21.9 Å². The number of thioether (sulfide) groups is 1. The molecular formula is C17H24O3S. The number of esters is 1. The van der Waals surface area contributed by atoms with Crippen molar-refractivity contribution < 1.29 is 14.6 Å². The molecule has 0 atom stereocenters. The molecule has 4 heteroatoms. The van der Waals surface area contributed by atoms with Crippen molar-refractivity contribution in [3.63, 3.8) is 0 Å². The molecular weight excluding hydrogens is 284 g/mol. The van der Waals surface area contributed by atoms with Crippen LogP contribution in [0.15, 0.2) is 24.3 Å². The molecule has 0 aromatic heterocycles.